The molecule has 1 rings (SSSR count). The van der Waals surface area contributed by atoms with Crippen LogP contribution in [-0.2, 0) is 11.2 Å². The third kappa shape index (κ3) is 12.3. The van der Waals surface area contributed by atoms with Crippen molar-refractivity contribution >= 4 is 5.97 Å². The molecule has 0 N–H and O–H groups in total. The number of esters is 1. The van der Waals surface area contributed by atoms with Gasteiger partial charge in [0.2, 0.25) is 0 Å². The summed E-state index contributed by atoms with van der Waals surface area (Å²) >= 11 is 0. The Hall–Kier alpha value is -1.31. The highest BCUT2D eigenvalue weighted by Crippen LogP contribution is 2.33. The molecule has 2 heteroatoms. The second-order valence-electron chi connectivity index (χ2n) is 9.73. The van der Waals surface area contributed by atoms with Gasteiger partial charge in [0.05, 0.1) is 5.41 Å². The molecule has 1 unspecified atom stereocenters. The van der Waals surface area contributed by atoms with Gasteiger partial charge in [-0.1, -0.05) is 116 Å². The second kappa shape index (κ2) is 17.3. The number of ether oxygens (including phenoxy) is 1. The molecule has 0 fully saturated rings. The molecule has 0 saturated carbocycles. The van der Waals surface area contributed by atoms with E-state index in [1.165, 1.54) is 82.6 Å². The monoisotopic (exact) mass is 430 g/mol. The fourth-order valence-electron chi connectivity index (χ4n) is 4.28. The predicted molar refractivity (Wildman–Crippen MR) is 135 cm³/mol. The van der Waals surface area contributed by atoms with Crippen LogP contribution < -0.4 is 4.74 Å². The average molecular weight is 431 g/mol. The number of benzene rings is 1. The molecular weight excluding hydrogens is 380 g/mol. The van der Waals surface area contributed by atoms with Gasteiger partial charge in [-0.3, -0.25) is 4.79 Å². The Kier molecular flexibility index (Phi) is 15.4. The molecule has 0 aliphatic heterocycles. The number of carbonyl (C=O) groups is 1. The van der Waals surface area contributed by atoms with Gasteiger partial charge < -0.3 is 4.74 Å². The number of hydrogen-bond donors (Lipinski definition) is 0. The molecule has 0 heterocycles. The maximum atomic E-state index is 13.2. The van der Waals surface area contributed by atoms with E-state index in [1.807, 2.05) is 12.1 Å². The van der Waals surface area contributed by atoms with Gasteiger partial charge in [0.15, 0.2) is 0 Å². The smallest absolute Gasteiger partial charge is 0.317 e. The molecule has 0 amide bonds. The van der Waals surface area contributed by atoms with Crippen LogP contribution in [0.5, 0.6) is 5.75 Å². The minimum Gasteiger partial charge on any atom is -0.426 e. The van der Waals surface area contributed by atoms with Gasteiger partial charge in [-0.25, -0.2) is 0 Å². The third-order valence-corrected chi connectivity index (χ3v) is 6.61. The van der Waals surface area contributed by atoms with Crippen LogP contribution in [0.2, 0.25) is 0 Å². The number of rotatable bonds is 19. The lowest BCUT2D eigenvalue weighted by Gasteiger charge is -2.27. The standard InChI is InChI=1S/C29H50O2/c1-5-8-11-14-15-18-25-29(4,24-17-13-10-7-3)28(30)31-27-22-20-26(21-23-27)19-16-12-9-6-2/h20-23H,5-19,24-25H2,1-4H3. The van der Waals surface area contributed by atoms with Gasteiger partial charge in [0, 0.05) is 0 Å². The number of aryl methyl sites for hydroxylation is 1. The average Bonchev–Trinajstić information content (AvgIpc) is 2.78. The van der Waals surface area contributed by atoms with E-state index in [2.05, 4.69) is 39.8 Å². The van der Waals surface area contributed by atoms with Crippen LogP contribution in [0, 0.1) is 5.41 Å². The fraction of sp³-hybridized carbons (Fsp3) is 0.759. The molecule has 31 heavy (non-hydrogen) atoms. The van der Waals surface area contributed by atoms with Gasteiger partial charge in [-0.05, 0) is 50.3 Å². The topological polar surface area (TPSA) is 26.3 Å². The van der Waals surface area contributed by atoms with Gasteiger partial charge in [0.25, 0.3) is 0 Å². The zero-order valence-corrected chi connectivity index (χ0v) is 21.1. The summed E-state index contributed by atoms with van der Waals surface area (Å²) in [6.07, 6.45) is 20.5. The minimum absolute atomic E-state index is 0.0340. The molecule has 178 valence electrons. The van der Waals surface area contributed by atoms with E-state index in [0.29, 0.717) is 5.75 Å². The van der Waals surface area contributed by atoms with Crippen molar-refractivity contribution in [3.63, 3.8) is 0 Å². The van der Waals surface area contributed by atoms with Crippen molar-refractivity contribution in [1.82, 2.24) is 0 Å². The Morgan fingerprint density at radius 1 is 0.677 bits per heavy atom. The Morgan fingerprint density at radius 3 is 1.68 bits per heavy atom. The molecule has 0 radical (unpaired) electrons. The molecular formula is C29H50O2. The van der Waals surface area contributed by atoms with Crippen molar-refractivity contribution < 1.29 is 9.53 Å². The molecule has 0 saturated heterocycles. The summed E-state index contributed by atoms with van der Waals surface area (Å²) in [7, 11) is 0. The molecule has 1 aromatic carbocycles. The maximum Gasteiger partial charge on any atom is 0.317 e. The summed E-state index contributed by atoms with van der Waals surface area (Å²) < 4.78 is 5.89. The minimum atomic E-state index is -0.364. The van der Waals surface area contributed by atoms with E-state index in [0.717, 1.165) is 32.1 Å². The highest BCUT2D eigenvalue weighted by atomic mass is 16.5. The Labute approximate surface area is 193 Å². The molecule has 0 aromatic heterocycles. The van der Waals surface area contributed by atoms with Crippen LogP contribution >= 0.6 is 0 Å². The Balaban J connectivity index is 2.59. The summed E-state index contributed by atoms with van der Waals surface area (Å²) in [6.45, 7) is 8.86. The van der Waals surface area contributed by atoms with Gasteiger partial charge in [-0.2, -0.15) is 0 Å². The van der Waals surface area contributed by atoms with Crippen molar-refractivity contribution in [2.45, 2.75) is 137 Å². The maximum absolute atomic E-state index is 13.2. The molecule has 1 atom stereocenters. The van der Waals surface area contributed by atoms with E-state index < -0.39 is 0 Å². The van der Waals surface area contributed by atoms with E-state index >= 15 is 0 Å². The zero-order valence-electron chi connectivity index (χ0n) is 21.1. The van der Waals surface area contributed by atoms with Crippen molar-refractivity contribution in [3.8, 4) is 5.75 Å². The second-order valence-corrected chi connectivity index (χ2v) is 9.73. The first-order chi connectivity index (χ1) is 15.1. The molecule has 0 spiro atoms. The number of unbranched alkanes of at least 4 members (excludes halogenated alkanes) is 11. The quantitative estimate of drug-likeness (QED) is 0.124. The molecule has 0 aliphatic carbocycles. The lowest BCUT2D eigenvalue weighted by atomic mass is 9.79. The number of carbonyl (C=O) groups excluding carboxylic acids is 1. The van der Waals surface area contributed by atoms with Gasteiger partial charge in [-0.15, -0.1) is 0 Å². The van der Waals surface area contributed by atoms with Crippen molar-refractivity contribution in [1.29, 1.82) is 0 Å². The van der Waals surface area contributed by atoms with Crippen LogP contribution in [0.1, 0.15) is 136 Å². The summed E-state index contributed by atoms with van der Waals surface area (Å²) in [5, 5.41) is 0. The van der Waals surface area contributed by atoms with Crippen molar-refractivity contribution in [2.75, 3.05) is 0 Å². The van der Waals surface area contributed by atoms with Crippen LogP contribution in [0.15, 0.2) is 24.3 Å². The largest absolute Gasteiger partial charge is 0.426 e. The van der Waals surface area contributed by atoms with Crippen LogP contribution in [-0.4, -0.2) is 5.97 Å². The highest BCUT2D eigenvalue weighted by molar-refractivity contribution is 5.78. The first-order valence-electron chi connectivity index (χ1n) is 13.4. The lowest BCUT2D eigenvalue weighted by molar-refractivity contribution is -0.146. The molecule has 1 aromatic rings. The lowest BCUT2D eigenvalue weighted by Crippen LogP contribution is -2.32. The van der Waals surface area contributed by atoms with Crippen molar-refractivity contribution in [2.24, 2.45) is 5.41 Å². The molecule has 0 bridgehead atoms. The zero-order chi connectivity index (χ0) is 22.8. The fourth-order valence-corrected chi connectivity index (χ4v) is 4.28. The van der Waals surface area contributed by atoms with Crippen LogP contribution in [0.4, 0.5) is 0 Å². The Morgan fingerprint density at radius 2 is 1.13 bits per heavy atom. The van der Waals surface area contributed by atoms with Crippen LogP contribution in [0.25, 0.3) is 0 Å². The van der Waals surface area contributed by atoms with E-state index in [1.54, 1.807) is 0 Å². The van der Waals surface area contributed by atoms with Crippen LogP contribution in [0.3, 0.4) is 0 Å². The van der Waals surface area contributed by atoms with E-state index in [4.69, 9.17) is 4.74 Å². The van der Waals surface area contributed by atoms with E-state index in [9.17, 15) is 4.79 Å². The summed E-state index contributed by atoms with van der Waals surface area (Å²) in [4.78, 5) is 13.2. The third-order valence-electron chi connectivity index (χ3n) is 6.61. The highest BCUT2D eigenvalue weighted by Gasteiger charge is 2.34. The molecule has 0 aliphatic rings. The van der Waals surface area contributed by atoms with Gasteiger partial charge in [0.1, 0.15) is 5.75 Å². The summed E-state index contributed by atoms with van der Waals surface area (Å²) in [5.41, 5.74) is 0.974. The SMILES string of the molecule is CCCCCCCCC(C)(CCCCCC)C(=O)Oc1ccc(CCCCCC)cc1. The Bertz CT molecular complexity index is 563. The number of hydrogen-bond acceptors (Lipinski definition) is 2. The molecule has 2 nitrogen and oxygen atoms in total. The predicted octanol–water partition coefficient (Wildman–Crippen LogP) is 9.44. The normalized spacial score (nSPS) is 13.2. The first kappa shape index (κ1) is 27.7. The van der Waals surface area contributed by atoms with E-state index in [-0.39, 0.29) is 11.4 Å². The van der Waals surface area contributed by atoms with Crippen molar-refractivity contribution in [3.05, 3.63) is 29.8 Å². The van der Waals surface area contributed by atoms with Gasteiger partial charge >= 0.3 is 5.97 Å². The summed E-state index contributed by atoms with van der Waals surface area (Å²) in [6, 6.07) is 8.21. The first-order valence-corrected chi connectivity index (χ1v) is 13.4. The summed E-state index contributed by atoms with van der Waals surface area (Å²) in [5.74, 6) is 0.665.